The van der Waals surface area contributed by atoms with E-state index in [0.717, 1.165) is 21.3 Å². The summed E-state index contributed by atoms with van der Waals surface area (Å²) in [5.41, 5.74) is 2.06. The molecule has 0 bridgehead atoms. The smallest absolute Gasteiger partial charge is 0.150 e. The summed E-state index contributed by atoms with van der Waals surface area (Å²) in [5, 5.41) is 12.7. The van der Waals surface area contributed by atoms with Crippen LogP contribution in [0, 0.1) is 18.8 Å². The van der Waals surface area contributed by atoms with Crippen molar-refractivity contribution in [1.82, 2.24) is 4.98 Å². The van der Waals surface area contributed by atoms with E-state index in [-0.39, 0.29) is 6.61 Å². The van der Waals surface area contributed by atoms with Gasteiger partial charge in [0, 0.05) is 32.6 Å². The predicted molar refractivity (Wildman–Crippen MR) is 74.7 cm³/mol. The molecule has 2 aromatic heterocycles. The largest absolute Gasteiger partial charge is 0.384 e. The number of hydrogen-bond donors (Lipinski definition) is 1. The molecular weight excluding hydrogens is 270 g/mol. The highest BCUT2D eigenvalue weighted by atomic mass is 32.2. The van der Waals surface area contributed by atoms with Crippen molar-refractivity contribution in [3.8, 4) is 11.8 Å². The molecule has 0 aliphatic carbocycles. The molecular formula is C12H11NOS3. The van der Waals surface area contributed by atoms with Crippen LogP contribution in [0.3, 0.4) is 0 Å². The van der Waals surface area contributed by atoms with Crippen LogP contribution in [-0.2, 0) is 5.75 Å². The van der Waals surface area contributed by atoms with Gasteiger partial charge in [0.1, 0.15) is 10.9 Å². The van der Waals surface area contributed by atoms with E-state index < -0.39 is 0 Å². The van der Waals surface area contributed by atoms with Gasteiger partial charge >= 0.3 is 0 Å². The molecule has 2 rings (SSSR count). The first kappa shape index (κ1) is 12.7. The molecule has 0 atom stereocenters. The average Bonchev–Trinajstić information content (AvgIpc) is 2.93. The van der Waals surface area contributed by atoms with Gasteiger partial charge in [-0.1, -0.05) is 23.6 Å². The second kappa shape index (κ2) is 6.22. The summed E-state index contributed by atoms with van der Waals surface area (Å²) in [6.45, 7) is 1.92. The lowest BCUT2D eigenvalue weighted by Crippen LogP contribution is -1.75. The monoisotopic (exact) mass is 281 g/mol. The van der Waals surface area contributed by atoms with Crippen LogP contribution in [0.5, 0.6) is 0 Å². The maximum Gasteiger partial charge on any atom is 0.150 e. The third-order valence-electron chi connectivity index (χ3n) is 1.90. The molecule has 5 heteroatoms. The fraction of sp³-hybridized carbons (Fsp3) is 0.250. The van der Waals surface area contributed by atoms with Crippen LogP contribution < -0.4 is 0 Å². The maximum absolute atomic E-state index is 8.61. The highest BCUT2D eigenvalue weighted by Gasteiger charge is 2.02. The Morgan fingerprint density at radius 2 is 2.29 bits per heavy atom. The Kier molecular flexibility index (Phi) is 4.63. The topological polar surface area (TPSA) is 33.1 Å². The van der Waals surface area contributed by atoms with Crippen LogP contribution in [-0.4, -0.2) is 16.7 Å². The lowest BCUT2D eigenvalue weighted by Gasteiger charge is -1.92. The second-order valence-corrected chi connectivity index (χ2v) is 6.38. The number of aromatic nitrogens is 1. The molecule has 0 radical (unpaired) electrons. The Balaban J connectivity index is 1.93. The maximum atomic E-state index is 8.61. The van der Waals surface area contributed by atoms with Gasteiger partial charge in [0.05, 0.1) is 0 Å². The molecule has 1 N–H and O–H groups in total. The third-order valence-corrected chi connectivity index (χ3v) is 5.21. The Morgan fingerprint density at radius 3 is 3.00 bits per heavy atom. The van der Waals surface area contributed by atoms with Gasteiger partial charge in [-0.15, -0.1) is 22.7 Å². The summed E-state index contributed by atoms with van der Waals surface area (Å²) in [6, 6.07) is 2.07. The Bertz CT molecular complexity index is 547. The lowest BCUT2D eigenvalue weighted by atomic mass is 10.3. The molecule has 0 aromatic carbocycles. The van der Waals surface area contributed by atoms with E-state index in [0.29, 0.717) is 0 Å². The molecule has 2 heterocycles. The van der Waals surface area contributed by atoms with Crippen molar-refractivity contribution in [2.75, 3.05) is 6.61 Å². The van der Waals surface area contributed by atoms with Crippen molar-refractivity contribution in [1.29, 1.82) is 0 Å². The summed E-state index contributed by atoms with van der Waals surface area (Å²) in [6.07, 6.45) is 0. The number of nitrogens with zero attached hydrogens (tertiary/aromatic N) is 1. The molecule has 0 saturated carbocycles. The van der Waals surface area contributed by atoms with Crippen molar-refractivity contribution in [2.45, 2.75) is 17.0 Å². The molecule has 0 saturated heterocycles. The number of thioether (sulfide) groups is 1. The average molecular weight is 281 g/mol. The summed E-state index contributed by atoms with van der Waals surface area (Å²) in [7, 11) is 0. The normalized spacial score (nSPS) is 10.0. The molecule has 17 heavy (non-hydrogen) atoms. The van der Waals surface area contributed by atoms with Crippen LogP contribution in [0.25, 0.3) is 0 Å². The first-order valence-corrected chi connectivity index (χ1v) is 7.74. The fourth-order valence-corrected chi connectivity index (χ4v) is 3.92. The minimum Gasteiger partial charge on any atom is -0.384 e. The summed E-state index contributed by atoms with van der Waals surface area (Å²) >= 11 is 5.13. The fourth-order valence-electron chi connectivity index (χ4n) is 1.20. The van der Waals surface area contributed by atoms with E-state index in [1.807, 2.05) is 12.3 Å². The van der Waals surface area contributed by atoms with Gasteiger partial charge in [-0.05, 0) is 13.0 Å². The van der Waals surface area contributed by atoms with E-state index >= 15 is 0 Å². The van der Waals surface area contributed by atoms with Crippen LogP contribution in [0.2, 0.25) is 0 Å². The van der Waals surface area contributed by atoms with Crippen molar-refractivity contribution >= 4 is 34.4 Å². The van der Waals surface area contributed by atoms with E-state index in [9.17, 15) is 0 Å². The Hall–Kier alpha value is -0.800. The second-order valence-electron chi connectivity index (χ2n) is 3.31. The molecule has 0 fully saturated rings. The van der Waals surface area contributed by atoms with Crippen LogP contribution >= 0.6 is 34.4 Å². The summed E-state index contributed by atoms with van der Waals surface area (Å²) in [5.74, 6) is 6.48. The molecule has 2 nitrogen and oxygen atoms in total. The number of thiophene rings is 1. The quantitative estimate of drug-likeness (QED) is 0.693. The highest BCUT2D eigenvalue weighted by Crippen LogP contribution is 2.28. The molecule has 0 amide bonds. The highest BCUT2D eigenvalue weighted by molar-refractivity contribution is 8.00. The zero-order valence-corrected chi connectivity index (χ0v) is 11.7. The van der Waals surface area contributed by atoms with Crippen molar-refractivity contribution in [3.63, 3.8) is 0 Å². The molecule has 2 aromatic rings. The van der Waals surface area contributed by atoms with E-state index in [4.69, 9.17) is 5.11 Å². The van der Waals surface area contributed by atoms with E-state index in [2.05, 4.69) is 28.3 Å². The molecule has 0 aliphatic rings. The Labute approximate surface area is 113 Å². The first-order chi connectivity index (χ1) is 8.28. The number of aliphatic hydroxyl groups is 1. The van der Waals surface area contributed by atoms with Gasteiger partial charge in [0.2, 0.25) is 0 Å². The lowest BCUT2D eigenvalue weighted by molar-refractivity contribution is 0.350. The van der Waals surface area contributed by atoms with Gasteiger partial charge < -0.3 is 5.11 Å². The van der Waals surface area contributed by atoms with Crippen LogP contribution in [0.4, 0.5) is 0 Å². The molecule has 0 spiro atoms. The predicted octanol–water partition coefficient (Wildman–Crippen LogP) is 3.15. The van der Waals surface area contributed by atoms with Crippen molar-refractivity contribution < 1.29 is 5.11 Å². The zero-order valence-electron chi connectivity index (χ0n) is 9.27. The van der Waals surface area contributed by atoms with Crippen molar-refractivity contribution in [2.24, 2.45) is 0 Å². The molecule has 0 aliphatic heterocycles. The zero-order chi connectivity index (χ0) is 12.1. The van der Waals surface area contributed by atoms with Crippen molar-refractivity contribution in [3.05, 3.63) is 33.0 Å². The minimum atomic E-state index is -0.0850. The number of rotatable bonds is 3. The first-order valence-electron chi connectivity index (χ1n) is 5.00. The van der Waals surface area contributed by atoms with Gasteiger partial charge in [-0.25, -0.2) is 4.98 Å². The van der Waals surface area contributed by atoms with Crippen LogP contribution in [0.15, 0.2) is 21.2 Å². The number of aliphatic hydroxyl groups excluding tert-OH is 1. The van der Waals surface area contributed by atoms with Gasteiger partial charge in [-0.2, -0.15) is 0 Å². The van der Waals surface area contributed by atoms with Gasteiger partial charge in [-0.3, -0.25) is 0 Å². The summed E-state index contributed by atoms with van der Waals surface area (Å²) in [4.78, 5) is 5.69. The third kappa shape index (κ3) is 3.86. The molecule has 88 valence electrons. The standard InChI is InChI=1S/C12H11NOS3/c1-9-6-16-12(13-9)17-8-11-5-10(7-15-11)3-2-4-14/h5-7,14H,4,8H2,1H3. The van der Waals surface area contributed by atoms with Gasteiger partial charge in [0.25, 0.3) is 0 Å². The number of aryl methyl sites for hydroxylation is 1. The number of hydrogen-bond acceptors (Lipinski definition) is 5. The van der Waals surface area contributed by atoms with Crippen LogP contribution in [0.1, 0.15) is 16.1 Å². The Morgan fingerprint density at radius 1 is 1.41 bits per heavy atom. The van der Waals surface area contributed by atoms with E-state index in [1.165, 1.54) is 4.88 Å². The SMILES string of the molecule is Cc1csc(SCc2cc(C#CCO)cs2)n1. The minimum absolute atomic E-state index is 0.0850. The summed E-state index contributed by atoms with van der Waals surface area (Å²) < 4.78 is 1.11. The van der Waals surface area contributed by atoms with E-state index in [1.54, 1.807) is 34.4 Å². The van der Waals surface area contributed by atoms with Gasteiger partial charge in [0.15, 0.2) is 0 Å². The molecule has 0 unspecified atom stereocenters. The number of thiazole rings is 1.